The van der Waals surface area contributed by atoms with Crippen LogP contribution < -0.4 is 0 Å². The Morgan fingerprint density at radius 2 is 1.55 bits per heavy atom. The lowest BCUT2D eigenvalue weighted by Gasteiger charge is -2.02. The summed E-state index contributed by atoms with van der Waals surface area (Å²) in [4.78, 5) is 16.6. The molecule has 1 aliphatic rings. The zero-order valence-corrected chi connectivity index (χ0v) is 13.2. The Kier molecular flexibility index (Phi) is 10.3. The van der Waals surface area contributed by atoms with Crippen molar-refractivity contribution in [1.29, 1.82) is 0 Å². The van der Waals surface area contributed by atoms with E-state index in [0.717, 1.165) is 31.4 Å². The molecule has 1 saturated carbocycles. The molecule has 0 atom stereocenters. The lowest BCUT2D eigenvalue weighted by molar-refractivity contribution is -0.143. The fraction of sp³-hybridized carbons (Fsp3) is 0.882. The van der Waals surface area contributed by atoms with Gasteiger partial charge in [-0.3, -0.25) is 0 Å². The minimum Gasteiger partial charge on any atom is -0.318 e. The van der Waals surface area contributed by atoms with Crippen LogP contribution in [0.1, 0.15) is 96.8 Å². The van der Waals surface area contributed by atoms with Crippen LogP contribution in [0.25, 0.3) is 0 Å². The van der Waals surface area contributed by atoms with Gasteiger partial charge >= 0.3 is 5.97 Å². The average Bonchev–Trinajstić information content (AvgIpc) is 2.73. The molecule has 0 spiro atoms. The van der Waals surface area contributed by atoms with Gasteiger partial charge < -0.3 is 4.84 Å². The first-order valence-electron chi connectivity index (χ1n) is 8.58. The number of unbranched alkanes of at least 4 members (excludes halogenated alkanes) is 6. The first-order valence-corrected chi connectivity index (χ1v) is 8.58. The molecule has 0 aliphatic heterocycles. The van der Waals surface area contributed by atoms with Crippen molar-refractivity contribution in [3.8, 4) is 0 Å². The minimum atomic E-state index is -0.157. The molecule has 0 amide bonds. The molecule has 0 aromatic rings. The van der Waals surface area contributed by atoms with Gasteiger partial charge in [-0.05, 0) is 32.1 Å². The summed E-state index contributed by atoms with van der Waals surface area (Å²) in [7, 11) is 0. The van der Waals surface area contributed by atoms with Crippen molar-refractivity contribution in [3.05, 3.63) is 0 Å². The lowest BCUT2D eigenvalue weighted by Crippen LogP contribution is -2.03. The van der Waals surface area contributed by atoms with Gasteiger partial charge in [0.2, 0.25) is 0 Å². The third-order valence-corrected chi connectivity index (χ3v) is 3.94. The van der Waals surface area contributed by atoms with Gasteiger partial charge in [0.25, 0.3) is 0 Å². The van der Waals surface area contributed by atoms with Crippen LogP contribution >= 0.6 is 0 Å². The predicted octanol–water partition coefficient (Wildman–Crippen LogP) is 5.38. The second-order valence-electron chi connectivity index (χ2n) is 5.91. The molecule has 1 rings (SSSR count). The summed E-state index contributed by atoms with van der Waals surface area (Å²) in [5, 5.41) is 4.05. The smallest absolute Gasteiger partial charge is 0.318 e. The van der Waals surface area contributed by atoms with Gasteiger partial charge in [0.1, 0.15) is 0 Å². The third kappa shape index (κ3) is 9.11. The quantitative estimate of drug-likeness (QED) is 0.246. The minimum absolute atomic E-state index is 0.157. The average molecular weight is 281 g/mol. The Morgan fingerprint density at radius 3 is 2.20 bits per heavy atom. The van der Waals surface area contributed by atoms with Gasteiger partial charge in [0.05, 0.1) is 5.71 Å². The van der Waals surface area contributed by atoms with Gasteiger partial charge in [0.15, 0.2) is 0 Å². The Morgan fingerprint density at radius 1 is 0.950 bits per heavy atom. The van der Waals surface area contributed by atoms with Crippen molar-refractivity contribution in [1.82, 2.24) is 0 Å². The fourth-order valence-corrected chi connectivity index (χ4v) is 2.62. The predicted molar refractivity (Wildman–Crippen MR) is 83.8 cm³/mol. The van der Waals surface area contributed by atoms with Crippen LogP contribution in [0, 0.1) is 0 Å². The maximum atomic E-state index is 11.6. The van der Waals surface area contributed by atoms with Crippen molar-refractivity contribution in [2.75, 3.05) is 0 Å². The van der Waals surface area contributed by atoms with Gasteiger partial charge in [-0.25, -0.2) is 4.79 Å². The molecular formula is C17H31NO2. The molecule has 1 aliphatic carbocycles. The topological polar surface area (TPSA) is 38.7 Å². The van der Waals surface area contributed by atoms with E-state index in [1.54, 1.807) is 0 Å². The summed E-state index contributed by atoms with van der Waals surface area (Å²) < 4.78 is 0. The molecule has 0 radical (unpaired) electrons. The Labute approximate surface area is 124 Å². The maximum Gasteiger partial charge on any atom is 0.335 e. The summed E-state index contributed by atoms with van der Waals surface area (Å²) in [6.45, 7) is 2.23. The fourth-order valence-electron chi connectivity index (χ4n) is 2.62. The summed E-state index contributed by atoms with van der Waals surface area (Å²) in [6, 6.07) is 0. The molecule has 0 unspecified atom stereocenters. The van der Waals surface area contributed by atoms with Gasteiger partial charge in [0, 0.05) is 6.42 Å². The largest absolute Gasteiger partial charge is 0.335 e. The van der Waals surface area contributed by atoms with E-state index >= 15 is 0 Å². The number of oxime groups is 1. The molecule has 1 fully saturated rings. The van der Waals surface area contributed by atoms with Crippen LogP contribution in [-0.4, -0.2) is 11.7 Å². The van der Waals surface area contributed by atoms with Crippen molar-refractivity contribution in [2.45, 2.75) is 96.8 Å². The molecular weight excluding hydrogens is 250 g/mol. The van der Waals surface area contributed by atoms with Crippen LogP contribution in [0.4, 0.5) is 0 Å². The highest BCUT2D eigenvalue weighted by Gasteiger charge is 2.08. The second kappa shape index (κ2) is 11.9. The van der Waals surface area contributed by atoms with Crippen molar-refractivity contribution >= 4 is 11.7 Å². The van der Waals surface area contributed by atoms with Crippen LogP contribution in [0.5, 0.6) is 0 Å². The Balaban J connectivity index is 2.00. The number of hydrogen-bond donors (Lipinski definition) is 0. The Hall–Kier alpha value is -0.860. The van der Waals surface area contributed by atoms with Gasteiger partial charge in [-0.2, -0.15) is 0 Å². The molecule has 0 saturated heterocycles. The van der Waals surface area contributed by atoms with Crippen LogP contribution in [0.3, 0.4) is 0 Å². The zero-order valence-electron chi connectivity index (χ0n) is 13.2. The molecule has 0 bridgehead atoms. The highest BCUT2D eigenvalue weighted by molar-refractivity contribution is 5.84. The number of carbonyl (C=O) groups excluding carboxylic acids is 1. The monoisotopic (exact) mass is 281 g/mol. The Bertz CT molecular complexity index is 277. The van der Waals surface area contributed by atoms with E-state index in [4.69, 9.17) is 4.84 Å². The summed E-state index contributed by atoms with van der Waals surface area (Å²) in [5.41, 5.74) is 1.08. The normalized spacial score (nSPS) is 15.8. The number of hydrogen-bond acceptors (Lipinski definition) is 3. The van der Waals surface area contributed by atoms with Crippen molar-refractivity contribution < 1.29 is 9.63 Å². The van der Waals surface area contributed by atoms with E-state index in [1.807, 2.05) is 0 Å². The van der Waals surface area contributed by atoms with Gasteiger partial charge in [-0.15, -0.1) is 0 Å². The molecule has 0 heterocycles. The SMILES string of the molecule is CCCCCCCCCC(=O)ON=C1CCCCCC1. The molecule has 0 aromatic carbocycles. The number of carbonyl (C=O) groups is 1. The van der Waals surface area contributed by atoms with Crippen LogP contribution in [0.2, 0.25) is 0 Å². The highest BCUT2D eigenvalue weighted by Crippen LogP contribution is 2.15. The van der Waals surface area contributed by atoms with E-state index in [9.17, 15) is 4.79 Å². The zero-order chi connectivity index (χ0) is 14.5. The van der Waals surface area contributed by atoms with Crippen LogP contribution in [0.15, 0.2) is 5.16 Å². The first-order chi connectivity index (χ1) is 9.83. The van der Waals surface area contributed by atoms with E-state index in [1.165, 1.54) is 57.8 Å². The molecule has 0 aromatic heterocycles. The van der Waals surface area contributed by atoms with E-state index in [0.29, 0.717) is 6.42 Å². The summed E-state index contributed by atoms with van der Waals surface area (Å²) in [6.07, 6.45) is 16.0. The number of rotatable bonds is 9. The molecule has 20 heavy (non-hydrogen) atoms. The molecule has 0 N–H and O–H groups in total. The van der Waals surface area contributed by atoms with E-state index in [-0.39, 0.29) is 5.97 Å². The van der Waals surface area contributed by atoms with Crippen molar-refractivity contribution in [2.24, 2.45) is 5.16 Å². The third-order valence-electron chi connectivity index (χ3n) is 3.94. The lowest BCUT2D eigenvalue weighted by atomic mass is 10.1. The standard InChI is InChI=1S/C17H31NO2/c1-2-3-4-5-6-7-12-15-17(19)20-18-16-13-10-8-9-11-14-16/h2-15H2,1H3. The maximum absolute atomic E-state index is 11.6. The summed E-state index contributed by atoms with van der Waals surface area (Å²) in [5.74, 6) is -0.157. The molecule has 116 valence electrons. The van der Waals surface area contributed by atoms with E-state index < -0.39 is 0 Å². The van der Waals surface area contributed by atoms with Crippen LogP contribution in [-0.2, 0) is 9.63 Å². The first kappa shape index (κ1) is 17.2. The highest BCUT2D eigenvalue weighted by atomic mass is 16.7. The van der Waals surface area contributed by atoms with E-state index in [2.05, 4.69) is 12.1 Å². The number of nitrogens with zero attached hydrogens (tertiary/aromatic N) is 1. The summed E-state index contributed by atoms with van der Waals surface area (Å²) >= 11 is 0. The van der Waals surface area contributed by atoms with Crippen molar-refractivity contribution in [3.63, 3.8) is 0 Å². The molecule has 3 nitrogen and oxygen atoms in total. The van der Waals surface area contributed by atoms with Gasteiger partial charge in [-0.1, -0.05) is 63.4 Å². The second-order valence-corrected chi connectivity index (χ2v) is 5.91. The molecule has 3 heteroatoms.